The second kappa shape index (κ2) is 3.96. The number of allylic oxidation sites excluding steroid dienone is 1. The number of hydrogen-bond acceptors (Lipinski definition) is 3. The molecule has 0 bridgehead atoms. The van der Waals surface area contributed by atoms with Crippen molar-refractivity contribution in [2.75, 3.05) is 0 Å². The van der Waals surface area contributed by atoms with Gasteiger partial charge in [-0.15, -0.1) is 0 Å². The monoisotopic (exact) mass is 219 g/mol. The Hall–Kier alpha value is -1.46. The summed E-state index contributed by atoms with van der Waals surface area (Å²) in [6, 6.07) is 0. The van der Waals surface area contributed by atoms with E-state index in [9.17, 15) is 22.8 Å². The van der Waals surface area contributed by atoms with Crippen LogP contribution in [-0.2, 0) is 9.59 Å². The topological polar surface area (TPSA) is 46.5 Å². The van der Waals surface area contributed by atoms with Crippen molar-refractivity contribution in [1.29, 1.82) is 0 Å². The molecule has 0 aromatic heterocycles. The third-order valence-corrected chi connectivity index (χ3v) is 1.93. The minimum absolute atomic E-state index is 0.157. The van der Waals surface area contributed by atoms with E-state index in [2.05, 4.69) is 4.99 Å². The number of carbonyl (C=O) groups is 2. The Labute approximate surface area is 83.7 Å². The van der Waals surface area contributed by atoms with E-state index in [4.69, 9.17) is 0 Å². The maximum Gasteiger partial charge on any atom is 0.456 e. The van der Waals surface area contributed by atoms with E-state index in [1.165, 1.54) is 0 Å². The summed E-state index contributed by atoms with van der Waals surface area (Å²) in [7, 11) is 0. The Kier molecular flexibility index (Phi) is 3.06. The third kappa shape index (κ3) is 2.51. The molecule has 0 saturated heterocycles. The molecule has 0 atom stereocenters. The van der Waals surface area contributed by atoms with Gasteiger partial charge in [0.05, 0.1) is 5.71 Å². The van der Waals surface area contributed by atoms with E-state index >= 15 is 0 Å². The van der Waals surface area contributed by atoms with E-state index < -0.39 is 17.7 Å². The zero-order valence-electron chi connectivity index (χ0n) is 7.89. The first-order chi connectivity index (χ1) is 6.86. The first-order valence-electron chi connectivity index (χ1n) is 4.26. The van der Waals surface area contributed by atoms with Crippen molar-refractivity contribution in [2.45, 2.75) is 25.9 Å². The fraction of sp³-hybridized carbons (Fsp3) is 0.444. The number of alkyl halides is 3. The largest absolute Gasteiger partial charge is 0.456 e. The highest BCUT2D eigenvalue weighted by atomic mass is 19.4. The van der Waals surface area contributed by atoms with Crippen LogP contribution in [0.1, 0.15) is 19.8 Å². The summed E-state index contributed by atoms with van der Waals surface area (Å²) >= 11 is 0. The molecule has 3 nitrogen and oxygen atoms in total. The van der Waals surface area contributed by atoms with Gasteiger partial charge >= 0.3 is 6.18 Å². The van der Waals surface area contributed by atoms with E-state index in [1.807, 2.05) is 0 Å². The van der Waals surface area contributed by atoms with Crippen molar-refractivity contribution in [2.24, 2.45) is 4.99 Å². The van der Waals surface area contributed by atoms with Gasteiger partial charge in [-0.2, -0.15) is 13.2 Å². The van der Waals surface area contributed by atoms with Crippen molar-refractivity contribution in [3.05, 3.63) is 11.8 Å². The molecule has 0 spiro atoms. The summed E-state index contributed by atoms with van der Waals surface area (Å²) in [5, 5.41) is 0. The van der Waals surface area contributed by atoms with Crippen molar-refractivity contribution in [3.63, 3.8) is 0 Å². The smallest absolute Gasteiger partial charge is 0.294 e. The number of rotatable bonds is 3. The molecular weight excluding hydrogens is 211 g/mol. The van der Waals surface area contributed by atoms with Gasteiger partial charge in [0.25, 0.3) is 5.78 Å². The van der Waals surface area contributed by atoms with Gasteiger partial charge in [-0.25, -0.2) is 0 Å². The number of ketones is 2. The molecule has 1 aliphatic rings. The van der Waals surface area contributed by atoms with Crippen LogP contribution in [0.2, 0.25) is 0 Å². The molecule has 0 aliphatic carbocycles. The zero-order chi connectivity index (χ0) is 11.6. The van der Waals surface area contributed by atoms with Crippen molar-refractivity contribution >= 4 is 17.3 Å². The number of nitrogens with zero attached hydrogens (tertiary/aromatic N) is 1. The number of aliphatic imine (C=N–C) groups is 1. The number of carbonyl (C=O) groups excluding carboxylic acids is 2. The lowest BCUT2D eigenvalue weighted by atomic mass is 10.0. The van der Waals surface area contributed by atoms with Gasteiger partial charge in [0.2, 0.25) is 0 Å². The SMILES string of the molecule is CCC(=O)C1=CN=C(C(=O)C(F)(F)F)C1. The fourth-order valence-electron chi connectivity index (χ4n) is 1.13. The average molecular weight is 219 g/mol. The molecule has 1 aliphatic heterocycles. The molecule has 6 heteroatoms. The van der Waals surface area contributed by atoms with Crippen LogP contribution in [0.5, 0.6) is 0 Å². The lowest BCUT2D eigenvalue weighted by molar-refractivity contribution is -0.163. The number of hydrogen-bond donors (Lipinski definition) is 0. The highest BCUT2D eigenvalue weighted by Crippen LogP contribution is 2.22. The molecule has 0 radical (unpaired) electrons. The Bertz CT molecular complexity index is 366. The highest BCUT2D eigenvalue weighted by molar-refractivity contribution is 6.43. The molecule has 0 unspecified atom stereocenters. The lowest BCUT2D eigenvalue weighted by Crippen LogP contribution is -2.30. The zero-order valence-corrected chi connectivity index (χ0v) is 7.89. The van der Waals surface area contributed by atoms with E-state index in [1.54, 1.807) is 6.92 Å². The van der Waals surface area contributed by atoms with Crippen LogP contribution >= 0.6 is 0 Å². The van der Waals surface area contributed by atoms with Crippen molar-refractivity contribution in [3.8, 4) is 0 Å². The molecule has 15 heavy (non-hydrogen) atoms. The van der Waals surface area contributed by atoms with Gasteiger partial charge < -0.3 is 0 Å². The highest BCUT2D eigenvalue weighted by Gasteiger charge is 2.42. The van der Waals surface area contributed by atoms with Crippen LogP contribution in [0, 0.1) is 0 Å². The van der Waals surface area contributed by atoms with Gasteiger partial charge in [0, 0.05) is 24.6 Å². The van der Waals surface area contributed by atoms with Crippen molar-refractivity contribution < 1.29 is 22.8 Å². The quantitative estimate of drug-likeness (QED) is 0.726. The standard InChI is InChI=1S/C9H8F3NO2/c1-2-7(14)5-3-6(13-4-5)8(15)9(10,11)12/h4H,2-3H2,1H3. The molecule has 82 valence electrons. The minimum Gasteiger partial charge on any atom is -0.294 e. The normalized spacial score (nSPS) is 16.0. The summed E-state index contributed by atoms with van der Waals surface area (Å²) in [5.41, 5.74) is -0.454. The van der Waals surface area contributed by atoms with Crippen LogP contribution in [-0.4, -0.2) is 23.5 Å². The summed E-state index contributed by atoms with van der Waals surface area (Å²) in [4.78, 5) is 25.1. The molecule has 0 saturated carbocycles. The maximum absolute atomic E-state index is 12.0. The van der Waals surface area contributed by atoms with E-state index in [-0.39, 0.29) is 24.2 Å². The van der Waals surface area contributed by atoms with Crippen LogP contribution < -0.4 is 0 Å². The summed E-state index contributed by atoms with van der Waals surface area (Å²) < 4.78 is 35.9. The summed E-state index contributed by atoms with van der Waals surface area (Å²) in [6.45, 7) is 1.59. The summed E-state index contributed by atoms with van der Waals surface area (Å²) in [6.07, 6.45) is -4.01. The number of halogens is 3. The first-order valence-corrected chi connectivity index (χ1v) is 4.26. The Balaban J connectivity index is 2.69. The second-order valence-electron chi connectivity index (χ2n) is 3.01. The van der Waals surface area contributed by atoms with Gasteiger partial charge in [-0.05, 0) is 0 Å². The van der Waals surface area contributed by atoms with Gasteiger partial charge in [-0.1, -0.05) is 6.92 Å². The second-order valence-corrected chi connectivity index (χ2v) is 3.01. The molecular formula is C9H8F3NO2. The van der Waals surface area contributed by atoms with E-state index in [0.717, 1.165) is 6.20 Å². The molecule has 0 aromatic rings. The minimum atomic E-state index is -4.92. The Morgan fingerprint density at radius 1 is 1.47 bits per heavy atom. The predicted octanol–water partition coefficient (Wildman–Crippen LogP) is 1.83. The van der Waals surface area contributed by atoms with E-state index in [0.29, 0.717) is 0 Å². The third-order valence-electron chi connectivity index (χ3n) is 1.93. The maximum atomic E-state index is 12.0. The molecule has 1 heterocycles. The lowest BCUT2D eigenvalue weighted by Gasteiger charge is -2.04. The molecule has 0 aromatic carbocycles. The van der Waals surface area contributed by atoms with Crippen LogP contribution in [0.4, 0.5) is 13.2 Å². The fourth-order valence-corrected chi connectivity index (χ4v) is 1.13. The summed E-state index contributed by atoms with van der Waals surface area (Å²) in [5.74, 6) is -2.26. The molecule has 1 rings (SSSR count). The molecule has 0 N–H and O–H groups in total. The molecule has 0 fully saturated rings. The van der Waals surface area contributed by atoms with Crippen molar-refractivity contribution in [1.82, 2.24) is 0 Å². The van der Waals surface area contributed by atoms with Gasteiger partial charge in [0.15, 0.2) is 5.78 Å². The number of Topliss-reactive ketones (excluding diaryl/α,β-unsaturated/α-hetero) is 2. The predicted molar refractivity (Wildman–Crippen MR) is 46.5 cm³/mol. The Morgan fingerprint density at radius 3 is 2.53 bits per heavy atom. The Morgan fingerprint density at radius 2 is 2.07 bits per heavy atom. The van der Waals surface area contributed by atoms with Crippen LogP contribution in [0.3, 0.4) is 0 Å². The first kappa shape index (κ1) is 11.6. The van der Waals surface area contributed by atoms with Crippen LogP contribution in [0.15, 0.2) is 16.8 Å². The van der Waals surface area contributed by atoms with Crippen LogP contribution in [0.25, 0.3) is 0 Å². The average Bonchev–Trinajstić information content (AvgIpc) is 2.62. The van der Waals surface area contributed by atoms with Gasteiger partial charge in [0.1, 0.15) is 0 Å². The van der Waals surface area contributed by atoms with Gasteiger partial charge in [-0.3, -0.25) is 14.6 Å². The molecule has 0 amide bonds.